The highest BCUT2D eigenvalue weighted by atomic mass is 16.5. The van der Waals surface area contributed by atoms with Gasteiger partial charge in [-0.25, -0.2) is 0 Å². The molecule has 1 heterocycles. The molecule has 15 heavy (non-hydrogen) atoms. The maximum Gasteiger partial charge on any atom is 0.137 e. The minimum absolute atomic E-state index is 0.600. The highest BCUT2D eigenvalue weighted by Gasteiger charge is 2.31. The number of hydrogen-bond donors (Lipinski definition) is 1. The summed E-state index contributed by atoms with van der Waals surface area (Å²) in [7, 11) is 0. The number of nitrogens with zero attached hydrogens (tertiary/aromatic N) is 1. The van der Waals surface area contributed by atoms with Crippen molar-refractivity contribution in [3.05, 3.63) is 24.0 Å². The van der Waals surface area contributed by atoms with Crippen LogP contribution in [0.3, 0.4) is 0 Å². The lowest BCUT2D eigenvalue weighted by Crippen LogP contribution is -2.30. The van der Waals surface area contributed by atoms with E-state index in [0.717, 1.165) is 12.3 Å². The van der Waals surface area contributed by atoms with Gasteiger partial charge in [0.2, 0.25) is 0 Å². The Balaban J connectivity index is 2.10. The Morgan fingerprint density at radius 2 is 2.33 bits per heavy atom. The lowest BCUT2D eigenvalue weighted by atomic mass is 9.70. The van der Waals surface area contributed by atoms with Gasteiger partial charge in [0, 0.05) is 6.20 Å². The Morgan fingerprint density at radius 3 is 2.93 bits per heavy atom. The van der Waals surface area contributed by atoms with Gasteiger partial charge in [0.05, 0.1) is 12.8 Å². The molecule has 0 saturated heterocycles. The van der Waals surface area contributed by atoms with Crippen LogP contribution in [0.4, 0.5) is 0 Å². The quantitative estimate of drug-likeness (QED) is 0.819. The van der Waals surface area contributed by atoms with E-state index in [1.54, 1.807) is 6.20 Å². The molecule has 1 aromatic heterocycles. The molecule has 0 radical (unpaired) electrons. The summed E-state index contributed by atoms with van der Waals surface area (Å²) in [4.78, 5) is 4.21. The van der Waals surface area contributed by atoms with Crippen LogP contribution in [0, 0.1) is 5.92 Å². The van der Waals surface area contributed by atoms with Crippen molar-refractivity contribution in [3.63, 3.8) is 0 Å². The van der Waals surface area contributed by atoms with E-state index >= 15 is 0 Å². The second-order valence-corrected chi connectivity index (χ2v) is 4.07. The van der Waals surface area contributed by atoms with Crippen molar-refractivity contribution in [2.45, 2.75) is 25.7 Å². The van der Waals surface area contributed by atoms with Crippen molar-refractivity contribution in [1.29, 1.82) is 0 Å². The minimum atomic E-state index is 0.600. The fourth-order valence-corrected chi connectivity index (χ4v) is 2.17. The Labute approximate surface area is 90.7 Å². The summed E-state index contributed by atoms with van der Waals surface area (Å²) >= 11 is 0. The Kier molecular flexibility index (Phi) is 3.21. The number of nitrogens with two attached hydrogens (primary N) is 1. The topological polar surface area (TPSA) is 48.1 Å². The number of ether oxygens (including phenoxy) is 1. The summed E-state index contributed by atoms with van der Waals surface area (Å²) in [5.74, 6) is 2.12. The van der Waals surface area contributed by atoms with Crippen LogP contribution in [0.1, 0.15) is 31.2 Å². The molecule has 1 aliphatic carbocycles. The average Bonchev–Trinajstić information content (AvgIpc) is 2.18. The Morgan fingerprint density at radius 1 is 1.47 bits per heavy atom. The number of aromatic nitrogens is 1. The largest absolute Gasteiger partial charge is 0.492 e. The predicted molar refractivity (Wildman–Crippen MR) is 59.9 cm³/mol. The van der Waals surface area contributed by atoms with E-state index in [0.29, 0.717) is 18.4 Å². The first-order chi connectivity index (χ1) is 7.35. The zero-order chi connectivity index (χ0) is 10.7. The molecule has 2 rings (SSSR count). The van der Waals surface area contributed by atoms with Gasteiger partial charge in [0.25, 0.3) is 0 Å². The molecule has 2 unspecified atom stereocenters. The van der Waals surface area contributed by atoms with Crippen molar-refractivity contribution < 1.29 is 4.74 Å². The summed E-state index contributed by atoms with van der Waals surface area (Å²) in [6.07, 6.45) is 6.19. The summed E-state index contributed by atoms with van der Waals surface area (Å²) < 4.78 is 5.44. The molecular formula is C12H18N2O. The highest BCUT2D eigenvalue weighted by Crippen LogP contribution is 2.42. The van der Waals surface area contributed by atoms with Crippen molar-refractivity contribution in [2.24, 2.45) is 11.7 Å². The van der Waals surface area contributed by atoms with Gasteiger partial charge < -0.3 is 10.5 Å². The van der Waals surface area contributed by atoms with Crippen molar-refractivity contribution in [3.8, 4) is 5.75 Å². The van der Waals surface area contributed by atoms with Crippen LogP contribution in [0.5, 0.6) is 5.75 Å². The standard InChI is InChI=1S/C12H18N2O/c1-2-15-11-5-10(7-14-8-11)12-4-3-9(12)6-13/h5,7-9,12H,2-4,6,13H2,1H3. The molecule has 1 saturated carbocycles. The molecule has 0 bridgehead atoms. The number of hydrogen-bond acceptors (Lipinski definition) is 3. The second-order valence-electron chi connectivity index (χ2n) is 4.07. The van der Waals surface area contributed by atoms with Crippen molar-refractivity contribution >= 4 is 0 Å². The molecule has 1 aromatic rings. The first-order valence-corrected chi connectivity index (χ1v) is 5.63. The molecular weight excluding hydrogens is 188 g/mol. The van der Waals surface area contributed by atoms with E-state index in [4.69, 9.17) is 10.5 Å². The first kappa shape index (κ1) is 10.4. The van der Waals surface area contributed by atoms with E-state index in [1.165, 1.54) is 18.4 Å². The molecule has 82 valence electrons. The van der Waals surface area contributed by atoms with E-state index in [2.05, 4.69) is 11.1 Å². The third-order valence-electron chi connectivity index (χ3n) is 3.19. The van der Waals surface area contributed by atoms with Crippen LogP contribution in [-0.4, -0.2) is 18.1 Å². The third kappa shape index (κ3) is 2.12. The van der Waals surface area contributed by atoms with Crippen LogP contribution in [0.15, 0.2) is 18.5 Å². The molecule has 0 aliphatic heterocycles. The number of rotatable bonds is 4. The molecule has 0 amide bonds. The first-order valence-electron chi connectivity index (χ1n) is 5.63. The van der Waals surface area contributed by atoms with Crippen LogP contribution in [0.2, 0.25) is 0 Å². The molecule has 0 aromatic carbocycles. The zero-order valence-electron chi connectivity index (χ0n) is 9.15. The monoisotopic (exact) mass is 206 g/mol. The normalized spacial score (nSPS) is 24.7. The number of pyridine rings is 1. The SMILES string of the molecule is CCOc1cncc(C2CCC2CN)c1. The lowest BCUT2D eigenvalue weighted by molar-refractivity contribution is 0.261. The van der Waals surface area contributed by atoms with E-state index in [9.17, 15) is 0 Å². The van der Waals surface area contributed by atoms with Gasteiger partial charge in [0.15, 0.2) is 0 Å². The van der Waals surface area contributed by atoms with Crippen LogP contribution >= 0.6 is 0 Å². The maximum absolute atomic E-state index is 5.71. The Bertz CT molecular complexity index is 325. The lowest BCUT2D eigenvalue weighted by Gasteiger charge is -2.36. The van der Waals surface area contributed by atoms with E-state index in [-0.39, 0.29) is 0 Å². The summed E-state index contributed by atoms with van der Waals surface area (Å²) in [5.41, 5.74) is 6.99. The molecule has 2 N–H and O–H groups in total. The molecule has 2 atom stereocenters. The van der Waals surface area contributed by atoms with Gasteiger partial charge in [-0.1, -0.05) is 0 Å². The van der Waals surface area contributed by atoms with Gasteiger partial charge in [0.1, 0.15) is 5.75 Å². The third-order valence-corrected chi connectivity index (χ3v) is 3.19. The van der Waals surface area contributed by atoms with Gasteiger partial charge >= 0.3 is 0 Å². The van der Waals surface area contributed by atoms with Gasteiger partial charge in [-0.3, -0.25) is 4.98 Å². The fourth-order valence-electron chi connectivity index (χ4n) is 2.17. The summed E-state index contributed by atoms with van der Waals surface area (Å²) in [5, 5.41) is 0. The fraction of sp³-hybridized carbons (Fsp3) is 0.583. The van der Waals surface area contributed by atoms with Crippen LogP contribution < -0.4 is 10.5 Å². The van der Waals surface area contributed by atoms with E-state index < -0.39 is 0 Å². The zero-order valence-corrected chi connectivity index (χ0v) is 9.15. The summed E-state index contributed by atoms with van der Waals surface area (Å²) in [6.45, 7) is 3.46. The van der Waals surface area contributed by atoms with Gasteiger partial charge in [-0.2, -0.15) is 0 Å². The molecule has 1 aliphatic rings. The minimum Gasteiger partial charge on any atom is -0.492 e. The van der Waals surface area contributed by atoms with Crippen LogP contribution in [0.25, 0.3) is 0 Å². The Hall–Kier alpha value is -1.09. The predicted octanol–water partition coefficient (Wildman–Crippen LogP) is 1.93. The maximum atomic E-state index is 5.71. The average molecular weight is 206 g/mol. The molecule has 1 fully saturated rings. The highest BCUT2D eigenvalue weighted by molar-refractivity contribution is 5.28. The molecule has 3 heteroatoms. The molecule has 3 nitrogen and oxygen atoms in total. The second kappa shape index (κ2) is 4.62. The van der Waals surface area contributed by atoms with Crippen molar-refractivity contribution in [1.82, 2.24) is 4.98 Å². The van der Waals surface area contributed by atoms with Crippen LogP contribution in [-0.2, 0) is 0 Å². The smallest absolute Gasteiger partial charge is 0.137 e. The van der Waals surface area contributed by atoms with Crippen molar-refractivity contribution in [2.75, 3.05) is 13.2 Å². The van der Waals surface area contributed by atoms with Gasteiger partial charge in [-0.05, 0) is 49.8 Å². The molecule has 0 spiro atoms. The van der Waals surface area contributed by atoms with E-state index in [1.807, 2.05) is 13.1 Å². The summed E-state index contributed by atoms with van der Waals surface area (Å²) in [6, 6.07) is 2.10. The van der Waals surface area contributed by atoms with Gasteiger partial charge in [-0.15, -0.1) is 0 Å².